The van der Waals surface area contributed by atoms with Crippen molar-refractivity contribution < 1.29 is 33.4 Å². The van der Waals surface area contributed by atoms with Crippen molar-refractivity contribution in [2.24, 2.45) is 0 Å². The van der Waals surface area contributed by atoms with Crippen molar-refractivity contribution in [3.8, 4) is 0 Å². The van der Waals surface area contributed by atoms with Crippen molar-refractivity contribution in [2.75, 3.05) is 18.5 Å². The van der Waals surface area contributed by atoms with E-state index in [2.05, 4.69) is 10.1 Å². The van der Waals surface area contributed by atoms with Crippen molar-refractivity contribution in [1.82, 2.24) is 0 Å². The van der Waals surface area contributed by atoms with E-state index in [0.29, 0.717) is 10.6 Å². The lowest BCUT2D eigenvalue weighted by Gasteiger charge is -2.14. The van der Waals surface area contributed by atoms with Crippen LogP contribution in [0.3, 0.4) is 0 Å². The van der Waals surface area contributed by atoms with Gasteiger partial charge in [-0.05, 0) is 52.0 Å². The van der Waals surface area contributed by atoms with Gasteiger partial charge in [-0.2, -0.15) is 0 Å². The second-order valence-corrected chi connectivity index (χ2v) is 7.72. The van der Waals surface area contributed by atoms with Gasteiger partial charge in [0.15, 0.2) is 6.61 Å². The summed E-state index contributed by atoms with van der Waals surface area (Å²) in [6.07, 6.45) is 5.16. The zero-order valence-electron chi connectivity index (χ0n) is 16.7. The summed E-state index contributed by atoms with van der Waals surface area (Å²) < 4.78 is 14.8. The van der Waals surface area contributed by atoms with E-state index >= 15 is 0 Å². The van der Waals surface area contributed by atoms with Crippen molar-refractivity contribution in [2.45, 2.75) is 52.6 Å². The normalized spacial score (nSPS) is 13.1. The van der Waals surface area contributed by atoms with Crippen LogP contribution in [0.25, 0.3) is 0 Å². The van der Waals surface area contributed by atoms with Crippen molar-refractivity contribution >= 4 is 40.2 Å². The van der Waals surface area contributed by atoms with Gasteiger partial charge < -0.3 is 19.5 Å². The summed E-state index contributed by atoms with van der Waals surface area (Å²) in [5, 5.41) is 3.06. The lowest BCUT2D eigenvalue weighted by Crippen LogP contribution is -2.22. The molecule has 9 heteroatoms. The molecule has 1 aliphatic rings. The zero-order valence-corrected chi connectivity index (χ0v) is 17.6. The smallest absolute Gasteiger partial charge is 0.341 e. The molecule has 0 radical (unpaired) electrons. The Kier molecular flexibility index (Phi) is 8.38. The van der Waals surface area contributed by atoms with Crippen molar-refractivity contribution in [1.29, 1.82) is 0 Å². The van der Waals surface area contributed by atoms with E-state index in [1.807, 2.05) is 0 Å². The molecule has 1 aliphatic carbocycles. The summed E-state index contributed by atoms with van der Waals surface area (Å²) in [4.78, 5) is 48.6. The van der Waals surface area contributed by atoms with Gasteiger partial charge in [0.1, 0.15) is 5.00 Å². The largest absolute Gasteiger partial charge is 0.463 e. The third kappa shape index (κ3) is 6.70. The van der Waals surface area contributed by atoms with Crippen LogP contribution >= 0.6 is 11.3 Å². The van der Waals surface area contributed by atoms with E-state index in [1.54, 1.807) is 20.8 Å². The minimum Gasteiger partial charge on any atom is -0.463 e. The number of amides is 1. The number of carbonyl (C=O) groups is 4. The molecule has 0 fully saturated rings. The maximum Gasteiger partial charge on any atom is 0.341 e. The second-order valence-electron chi connectivity index (χ2n) is 6.61. The molecule has 0 atom stereocenters. The molecule has 158 valence electrons. The predicted molar refractivity (Wildman–Crippen MR) is 107 cm³/mol. The van der Waals surface area contributed by atoms with Gasteiger partial charge in [0.2, 0.25) is 0 Å². The van der Waals surface area contributed by atoms with Crippen LogP contribution in [0, 0.1) is 0 Å². The molecule has 0 aromatic carbocycles. The first-order valence-corrected chi connectivity index (χ1v) is 10.3. The fourth-order valence-corrected chi connectivity index (χ4v) is 4.11. The Morgan fingerprint density at radius 2 is 1.72 bits per heavy atom. The summed E-state index contributed by atoms with van der Waals surface area (Å²) in [7, 11) is 0. The number of esters is 3. The minimum atomic E-state index is -0.849. The lowest BCUT2D eigenvalue weighted by atomic mass is 9.95. The van der Waals surface area contributed by atoms with Crippen LogP contribution in [0.5, 0.6) is 0 Å². The molecule has 0 saturated heterocycles. The van der Waals surface area contributed by atoms with Gasteiger partial charge in [0.05, 0.1) is 18.3 Å². The quantitative estimate of drug-likeness (QED) is 0.389. The number of nitrogens with one attached hydrogen (secondary N) is 1. The minimum absolute atomic E-state index is 0.187. The van der Waals surface area contributed by atoms with E-state index in [4.69, 9.17) is 9.47 Å². The van der Waals surface area contributed by atoms with Crippen LogP contribution < -0.4 is 5.32 Å². The molecule has 0 saturated carbocycles. The summed E-state index contributed by atoms with van der Waals surface area (Å²) in [6.45, 7) is 4.80. The van der Waals surface area contributed by atoms with Gasteiger partial charge in [-0.3, -0.25) is 4.79 Å². The highest BCUT2D eigenvalue weighted by Crippen LogP contribution is 2.38. The molecular weight excluding hydrogens is 398 g/mol. The molecule has 1 N–H and O–H groups in total. The van der Waals surface area contributed by atoms with Gasteiger partial charge in [-0.25, -0.2) is 14.4 Å². The number of hydrogen-bond donors (Lipinski definition) is 1. The Labute approximate surface area is 173 Å². The van der Waals surface area contributed by atoms with Crippen LogP contribution in [-0.4, -0.2) is 43.1 Å². The summed E-state index contributed by atoms with van der Waals surface area (Å²) in [5.74, 6) is -2.58. The Balaban J connectivity index is 2.02. The maximum atomic E-state index is 12.6. The number of rotatable bonds is 8. The third-order valence-electron chi connectivity index (χ3n) is 3.96. The molecule has 29 heavy (non-hydrogen) atoms. The number of ether oxygens (including phenoxy) is 3. The second kappa shape index (κ2) is 10.8. The van der Waals surface area contributed by atoms with Gasteiger partial charge in [0, 0.05) is 17.0 Å². The van der Waals surface area contributed by atoms with Gasteiger partial charge in [-0.1, -0.05) is 0 Å². The average molecular weight is 423 g/mol. The highest BCUT2D eigenvalue weighted by atomic mass is 32.1. The Bertz CT molecular complexity index is 810. The topological polar surface area (TPSA) is 108 Å². The molecule has 2 rings (SSSR count). The molecule has 1 heterocycles. The van der Waals surface area contributed by atoms with Gasteiger partial charge in [0.25, 0.3) is 5.91 Å². The molecule has 0 spiro atoms. The molecule has 8 nitrogen and oxygen atoms in total. The third-order valence-corrected chi connectivity index (χ3v) is 5.17. The van der Waals surface area contributed by atoms with E-state index in [9.17, 15) is 19.2 Å². The monoisotopic (exact) mass is 423 g/mol. The van der Waals surface area contributed by atoms with Gasteiger partial charge in [-0.15, -0.1) is 11.3 Å². The number of aryl methyl sites for hydroxylation is 1. The maximum absolute atomic E-state index is 12.6. The first kappa shape index (κ1) is 22.6. The van der Waals surface area contributed by atoms with Crippen LogP contribution in [0.4, 0.5) is 5.00 Å². The summed E-state index contributed by atoms with van der Waals surface area (Å²) in [6, 6.07) is 0. The summed E-state index contributed by atoms with van der Waals surface area (Å²) >= 11 is 1.35. The summed E-state index contributed by atoms with van der Waals surface area (Å²) in [5.41, 5.74) is 1.32. The highest BCUT2D eigenvalue weighted by molar-refractivity contribution is 7.17. The van der Waals surface area contributed by atoms with E-state index in [1.165, 1.54) is 11.3 Å². The average Bonchev–Trinajstić information content (AvgIpc) is 3.02. The van der Waals surface area contributed by atoms with Crippen LogP contribution in [0.2, 0.25) is 0 Å². The molecular formula is C20H25NO7S. The Hall–Kier alpha value is -2.68. The Morgan fingerprint density at radius 1 is 1.07 bits per heavy atom. The number of hydrogen-bond acceptors (Lipinski definition) is 8. The number of thiophene rings is 1. The van der Waals surface area contributed by atoms with Crippen LogP contribution in [-0.2, 0) is 41.4 Å². The molecule has 1 aromatic heterocycles. The first-order chi connectivity index (χ1) is 13.8. The van der Waals surface area contributed by atoms with E-state index in [0.717, 1.165) is 48.3 Å². The molecule has 1 amide bonds. The van der Waals surface area contributed by atoms with E-state index in [-0.39, 0.29) is 12.7 Å². The Morgan fingerprint density at radius 3 is 2.38 bits per heavy atom. The van der Waals surface area contributed by atoms with Gasteiger partial charge >= 0.3 is 17.9 Å². The number of fused-ring (bicyclic) bond motifs is 1. The van der Waals surface area contributed by atoms with E-state index < -0.39 is 30.4 Å². The fourth-order valence-electron chi connectivity index (χ4n) is 2.82. The lowest BCUT2D eigenvalue weighted by molar-refractivity contribution is -0.143. The highest BCUT2D eigenvalue weighted by Gasteiger charge is 2.28. The molecule has 0 unspecified atom stereocenters. The molecule has 0 bridgehead atoms. The fraction of sp³-hybridized carbons (Fsp3) is 0.500. The predicted octanol–water partition coefficient (Wildman–Crippen LogP) is 2.79. The SMILES string of the molecule is CCOC(=O)C=CC(=O)OCC(=O)Nc1sc2c(c1C(=O)OC(C)C)CCCC2. The van der Waals surface area contributed by atoms with Crippen LogP contribution in [0.15, 0.2) is 12.2 Å². The zero-order chi connectivity index (χ0) is 21.4. The van der Waals surface area contributed by atoms with Crippen molar-refractivity contribution in [3.63, 3.8) is 0 Å². The molecule has 0 aliphatic heterocycles. The number of anilines is 1. The van der Waals surface area contributed by atoms with Crippen molar-refractivity contribution in [3.05, 3.63) is 28.2 Å². The number of carbonyl (C=O) groups excluding carboxylic acids is 4. The first-order valence-electron chi connectivity index (χ1n) is 9.48. The standard InChI is InChI=1S/C20H25NO7S/c1-4-26-16(23)9-10-17(24)27-11-15(22)21-19-18(20(25)28-12(2)3)13-7-5-6-8-14(13)29-19/h9-10,12H,4-8,11H2,1-3H3,(H,21,22). The van der Waals surface area contributed by atoms with Crippen LogP contribution in [0.1, 0.15) is 54.4 Å². The molecule has 1 aromatic rings.